The number of anilines is 1. The van der Waals surface area contributed by atoms with Crippen LogP contribution in [0.1, 0.15) is 37.7 Å². The number of allylic oxidation sites excluding steroid dienone is 3. The lowest BCUT2D eigenvalue weighted by atomic mass is 9.75. The minimum atomic E-state index is -0.522. The standard InChI is InChI=1S/C23H20ClFN2O2/c1-13-20(23(29)27-17-8-3-7-16(25)12-17)21(14-5-2-6-15(24)11-14)22-18(26-13)9-4-10-19(22)28/h2-3,5-8,11-12,21,26H,4,9-10H2,1H3,(H,27,29)/t21-/m0/s1. The molecule has 1 aliphatic carbocycles. The van der Waals surface area contributed by atoms with E-state index in [1.54, 1.807) is 18.2 Å². The molecule has 148 valence electrons. The van der Waals surface area contributed by atoms with E-state index < -0.39 is 11.7 Å². The molecule has 1 aliphatic heterocycles. The minimum absolute atomic E-state index is 0.0345. The molecule has 2 aromatic carbocycles. The lowest BCUT2D eigenvalue weighted by molar-refractivity contribution is -0.116. The van der Waals surface area contributed by atoms with E-state index in [0.29, 0.717) is 34.0 Å². The van der Waals surface area contributed by atoms with Crippen LogP contribution in [-0.2, 0) is 9.59 Å². The molecule has 0 saturated carbocycles. The topological polar surface area (TPSA) is 58.2 Å². The van der Waals surface area contributed by atoms with Crippen molar-refractivity contribution in [3.05, 3.63) is 87.5 Å². The average Bonchev–Trinajstić information content (AvgIpc) is 2.67. The van der Waals surface area contributed by atoms with E-state index in [-0.39, 0.29) is 11.7 Å². The largest absolute Gasteiger partial charge is 0.362 e. The number of carbonyl (C=O) groups is 2. The predicted octanol–water partition coefficient (Wildman–Crippen LogP) is 5.09. The second-order valence-corrected chi connectivity index (χ2v) is 7.72. The quantitative estimate of drug-likeness (QED) is 0.741. The van der Waals surface area contributed by atoms with Crippen LogP contribution in [0.2, 0.25) is 5.02 Å². The van der Waals surface area contributed by atoms with Crippen molar-refractivity contribution < 1.29 is 14.0 Å². The van der Waals surface area contributed by atoms with Crippen molar-refractivity contribution in [3.63, 3.8) is 0 Å². The molecule has 1 heterocycles. The first-order chi connectivity index (χ1) is 13.9. The van der Waals surface area contributed by atoms with Crippen molar-refractivity contribution in [3.8, 4) is 0 Å². The number of hydrogen-bond donors (Lipinski definition) is 2. The van der Waals surface area contributed by atoms with Crippen molar-refractivity contribution in [1.29, 1.82) is 0 Å². The van der Waals surface area contributed by atoms with Gasteiger partial charge in [-0.1, -0.05) is 29.8 Å². The van der Waals surface area contributed by atoms with Gasteiger partial charge in [-0.05, 0) is 55.7 Å². The fourth-order valence-electron chi connectivity index (χ4n) is 4.07. The van der Waals surface area contributed by atoms with E-state index >= 15 is 0 Å². The van der Waals surface area contributed by atoms with Crippen LogP contribution in [0.4, 0.5) is 10.1 Å². The predicted molar refractivity (Wildman–Crippen MR) is 111 cm³/mol. The van der Waals surface area contributed by atoms with Crippen LogP contribution in [0, 0.1) is 5.82 Å². The zero-order valence-corrected chi connectivity index (χ0v) is 16.6. The molecular formula is C23H20ClFN2O2. The number of ketones is 1. The molecule has 0 aromatic heterocycles. The number of nitrogens with one attached hydrogen (secondary N) is 2. The fourth-order valence-corrected chi connectivity index (χ4v) is 4.27. The molecule has 0 fully saturated rings. The summed E-state index contributed by atoms with van der Waals surface area (Å²) in [7, 11) is 0. The summed E-state index contributed by atoms with van der Waals surface area (Å²) in [6.07, 6.45) is 1.99. The zero-order chi connectivity index (χ0) is 20.5. The van der Waals surface area contributed by atoms with Gasteiger partial charge in [0.1, 0.15) is 5.82 Å². The number of carbonyl (C=O) groups excluding carboxylic acids is 2. The van der Waals surface area contributed by atoms with Gasteiger partial charge in [0.25, 0.3) is 5.91 Å². The Morgan fingerprint density at radius 3 is 2.72 bits per heavy atom. The second-order valence-electron chi connectivity index (χ2n) is 7.29. The lowest BCUT2D eigenvalue weighted by Crippen LogP contribution is -2.35. The van der Waals surface area contributed by atoms with Crippen molar-refractivity contribution in [2.75, 3.05) is 5.32 Å². The summed E-state index contributed by atoms with van der Waals surface area (Å²) < 4.78 is 13.6. The van der Waals surface area contributed by atoms with Crippen LogP contribution in [0.25, 0.3) is 0 Å². The maximum Gasteiger partial charge on any atom is 0.254 e. The van der Waals surface area contributed by atoms with Crippen molar-refractivity contribution in [2.45, 2.75) is 32.1 Å². The summed E-state index contributed by atoms with van der Waals surface area (Å²) in [5, 5.41) is 6.56. The van der Waals surface area contributed by atoms with E-state index in [4.69, 9.17) is 11.6 Å². The lowest BCUT2D eigenvalue weighted by Gasteiger charge is -2.34. The normalized spacial score (nSPS) is 19.0. The molecule has 4 rings (SSSR count). The number of Topliss-reactive ketones (excluding diaryl/α,β-unsaturated/α-hetero) is 1. The Balaban J connectivity index is 1.79. The number of hydrogen-bond acceptors (Lipinski definition) is 3. The van der Waals surface area contributed by atoms with Gasteiger partial charge in [-0.25, -0.2) is 4.39 Å². The summed E-state index contributed by atoms with van der Waals surface area (Å²) in [6.45, 7) is 1.82. The highest BCUT2D eigenvalue weighted by atomic mass is 35.5. The molecule has 29 heavy (non-hydrogen) atoms. The Hall–Kier alpha value is -2.92. The smallest absolute Gasteiger partial charge is 0.254 e. The summed E-state index contributed by atoms with van der Waals surface area (Å²) >= 11 is 6.21. The Kier molecular flexibility index (Phi) is 5.24. The van der Waals surface area contributed by atoms with Crippen molar-refractivity contribution >= 4 is 29.0 Å². The third kappa shape index (κ3) is 3.83. The molecule has 2 aromatic rings. The number of halogens is 2. The van der Waals surface area contributed by atoms with Gasteiger partial charge in [0.15, 0.2) is 5.78 Å². The van der Waals surface area contributed by atoms with Crippen molar-refractivity contribution in [1.82, 2.24) is 5.32 Å². The summed E-state index contributed by atoms with van der Waals surface area (Å²) in [4.78, 5) is 26.1. The molecule has 0 bridgehead atoms. The van der Waals surface area contributed by atoms with Gasteiger partial charge in [0.05, 0.1) is 0 Å². The Morgan fingerprint density at radius 1 is 1.17 bits per heavy atom. The van der Waals surface area contributed by atoms with Crippen LogP contribution in [0.15, 0.2) is 71.1 Å². The van der Waals surface area contributed by atoms with Gasteiger partial charge < -0.3 is 10.6 Å². The van der Waals surface area contributed by atoms with Crippen LogP contribution < -0.4 is 10.6 Å². The van der Waals surface area contributed by atoms with Gasteiger partial charge in [0, 0.05) is 45.6 Å². The van der Waals surface area contributed by atoms with Gasteiger partial charge in [-0.3, -0.25) is 9.59 Å². The maximum atomic E-state index is 13.6. The zero-order valence-electron chi connectivity index (χ0n) is 15.9. The van der Waals surface area contributed by atoms with E-state index in [1.165, 1.54) is 18.2 Å². The van der Waals surface area contributed by atoms with E-state index in [9.17, 15) is 14.0 Å². The van der Waals surface area contributed by atoms with E-state index in [2.05, 4.69) is 10.6 Å². The summed E-state index contributed by atoms with van der Waals surface area (Å²) in [5.74, 6) is -1.30. The summed E-state index contributed by atoms with van der Waals surface area (Å²) in [6, 6.07) is 13.0. The Bertz CT molecular complexity index is 1070. The highest BCUT2D eigenvalue weighted by Gasteiger charge is 2.38. The molecule has 0 radical (unpaired) electrons. The molecule has 0 spiro atoms. The van der Waals surface area contributed by atoms with Gasteiger partial charge in [0.2, 0.25) is 0 Å². The second kappa shape index (κ2) is 7.84. The first-order valence-corrected chi connectivity index (χ1v) is 9.88. The highest BCUT2D eigenvalue weighted by Crippen LogP contribution is 2.42. The van der Waals surface area contributed by atoms with Crippen molar-refractivity contribution in [2.24, 2.45) is 0 Å². The molecule has 0 saturated heterocycles. The number of dihydropyridines is 1. The first kappa shape index (κ1) is 19.4. The Morgan fingerprint density at radius 2 is 1.97 bits per heavy atom. The molecule has 0 unspecified atom stereocenters. The van der Waals surface area contributed by atoms with Gasteiger partial charge in [-0.15, -0.1) is 0 Å². The molecule has 6 heteroatoms. The molecular weight excluding hydrogens is 391 g/mol. The molecule has 1 amide bonds. The highest BCUT2D eigenvalue weighted by molar-refractivity contribution is 6.30. The molecule has 2 aliphatic rings. The van der Waals surface area contributed by atoms with E-state index in [1.807, 2.05) is 19.1 Å². The third-order valence-electron chi connectivity index (χ3n) is 5.29. The van der Waals surface area contributed by atoms with E-state index in [0.717, 1.165) is 24.1 Å². The van der Waals surface area contributed by atoms with Crippen LogP contribution >= 0.6 is 11.6 Å². The SMILES string of the molecule is CC1=C(C(=O)Nc2cccc(F)c2)[C@H](c2cccc(Cl)c2)C2=C(CCCC2=O)N1. The molecule has 4 nitrogen and oxygen atoms in total. The molecule has 2 N–H and O–H groups in total. The molecule has 1 atom stereocenters. The van der Waals surface area contributed by atoms with Crippen LogP contribution in [0.5, 0.6) is 0 Å². The van der Waals surface area contributed by atoms with Gasteiger partial charge in [-0.2, -0.15) is 0 Å². The summed E-state index contributed by atoms with van der Waals surface area (Å²) in [5.41, 5.74) is 3.74. The average molecular weight is 411 g/mol. The maximum absolute atomic E-state index is 13.6. The number of rotatable bonds is 3. The number of amides is 1. The number of benzene rings is 2. The third-order valence-corrected chi connectivity index (χ3v) is 5.52. The van der Waals surface area contributed by atoms with Crippen LogP contribution in [0.3, 0.4) is 0 Å². The van der Waals surface area contributed by atoms with Crippen LogP contribution in [-0.4, -0.2) is 11.7 Å². The minimum Gasteiger partial charge on any atom is -0.362 e. The Labute approximate surface area is 173 Å². The fraction of sp³-hybridized carbons (Fsp3) is 0.217. The first-order valence-electron chi connectivity index (χ1n) is 9.50. The monoisotopic (exact) mass is 410 g/mol. The van der Waals surface area contributed by atoms with Gasteiger partial charge >= 0.3 is 0 Å².